The molecule has 0 saturated carbocycles. The van der Waals surface area contributed by atoms with Gasteiger partial charge in [-0.1, -0.05) is 12.1 Å². The van der Waals surface area contributed by atoms with Crippen LogP contribution in [-0.4, -0.2) is 35.4 Å². The Kier molecular flexibility index (Phi) is 4.08. The second kappa shape index (κ2) is 5.82. The highest BCUT2D eigenvalue weighted by Crippen LogP contribution is 2.39. The van der Waals surface area contributed by atoms with Crippen molar-refractivity contribution < 1.29 is 9.26 Å². The van der Waals surface area contributed by atoms with Gasteiger partial charge in [-0.25, -0.2) is 0 Å². The van der Waals surface area contributed by atoms with E-state index in [9.17, 15) is 0 Å². The summed E-state index contributed by atoms with van der Waals surface area (Å²) < 4.78 is 11.4. The standard InChI is InChI=1S/C15H25N3O2/c1-9-10(2)19-11(3)14(9)15-17-13(18-20-15)7-12-5-4-6-16-8-12/h9-12,14,16H,4-8H2,1-3H3. The summed E-state index contributed by atoms with van der Waals surface area (Å²) in [5.74, 6) is 2.91. The Morgan fingerprint density at radius 3 is 2.75 bits per heavy atom. The molecule has 0 bridgehead atoms. The topological polar surface area (TPSA) is 60.2 Å². The van der Waals surface area contributed by atoms with Gasteiger partial charge >= 0.3 is 0 Å². The zero-order valence-corrected chi connectivity index (χ0v) is 12.6. The van der Waals surface area contributed by atoms with Gasteiger partial charge in [-0.05, 0) is 51.6 Å². The predicted molar refractivity (Wildman–Crippen MR) is 75.5 cm³/mol. The van der Waals surface area contributed by atoms with Crippen LogP contribution >= 0.6 is 0 Å². The number of rotatable bonds is 3. The molecule has 3 rings (SSSR count). The third kappa shape index (κ3) is 2.74. The highest BCUT2D eigenvalue weighted by molar-refractivity contribution is 5.04. The van der Waals surface area contributed by atoms with Crippen molar-refractivity contribution >= 4 is 0 Å². The summed E-state index contributed by atoms with van der Waals surface area (Å²) in [5, 5.41) is 7.61. The Bertz CT molecular complexity index is 442. The van der Waals surface area contributed by atoms with Gasteiger partial charge in [-0.15, -0.1) is 0 Å². The van der Waals surface area contributed by atoms with Crippen molar-refractivity contribution in [3.63, 3.8) is 0 Å². The van der Waals surface area contributed by atoms with Gasteiger partial charge in [0.05, 0.1) is 18.1 Å². The molecule has 1 aromatic heterocycles. The van der Waals surface area contributed by atoms with Crippen molar-refractivity contribution in [3.05, 3.63) is 11.7 Å². The van der Waals surface area contributed by atoms with E-state index in [1.807, 2.05) is 0 Å². The number of nitrogens with one attached hydrogen (secondary N) is 1. The van der Waals surface area contributed by atoms with Crippen LogP contribution in [0, 0.1) is 11.8 Å². The van der Waals surface area contributed by atoms with Crippen LogP contribution in [0.15, 0.2) is 4.52 Å². The number of nitrogens with zero attached hydrogens (tertiary/aromatic N) is 2. The molecule has 5 atom stereocenters. The highest BCUT2D eigenvalue weighted by atomic mass is 16.5. The summed E-state index contributed by atoms with van der Waals surface area (Å²) in [7, 11) is 0. The van der Waals surface area contributed by atoms with Gasteiger partial charge in [-0.2, -0.15) is 4.98 Å². The van der Waals surface area contributed by atoms with Crippen LogP contribution in [-0.2, 0) is 11.2 Å². The fourth-order valence-electron chi connectivity index (χ4n) is 3.53. The molecule has 2 fully saturated rings. The smallest absolute Gasteiger partial charge is 0.232 e. The van der Waals surface area contributed by atoms with Crippen molar-refractivity contribution in [1.29, 1.82) is 0 Å². The van der Waals surface area contributed by atoms with Crippen LogP contribution in [0.25, 0.3) is 0 Å². The molecule has 0 aromatic carbocycles. The summed E-state index contributed by atoms with van der Waals surface area (Å²) in [5.41, 5.74) is 0. The molecule has 5 heteroatoms. The maximum absolute atomic E-state index is 5.86. The normalized spacial score (nSPS) is 38.2. The lowest BCUT2D eigenvalue weighted by atomic mass is 9.89. The molecule has 0 spiro atoms. The average molecular weight is 279 g/mol. The van der Waals surface area contributed by atoms with Crippen LogP contribution in [0.2, 0.25) is 0 Å². The average Bonchev–Trinajstić information content (AvgIpc) is 2.97. The minimum absolute atomic E-state index is 0.157. The second-order valence-electron chi connectivity index (χ2n) is 6.40. The van der Waals surface area contributed by atoms with Crippen LogP contribution in [0.3, 0.4) is 0 Å². The maximum Gasteiger partial charge on any atom is 0.232 e. The van der Waals surface area contributed by atoms with Crippen molar-refractivity contribution in [3.8, 4) is 0 Å². The Balaban J connectivity index is 1.67. The number of ether oxygens (including phenoxy) is 1. The van der Waals surface area contributed by atoms with Gasteiger partial charge < -0.3 is 14.6 Å². The molecular weight excluding hydrogens is 254 g/mol. The van der Waals surface area contributed by atoms with Crippen molar-refractivity contribution in [2.75, 3.05) is 13.1 Å². The van der Waals surface area contributed by atoms with E-state index >= 15 is 0 Å². The Hall–Kier alpha value is -0.940. The first-order valence-corrected chi connectivity index (χ1v) is 7.84. The van der Waals surface area contributed by atoms with Gasteiger partial charge in [0, 0.05) is 6.42 Å². The molecule has 3 heterocycles. The molecular formula is C15H25N3O2. The Labute approximate surface area is 120 Å². The quantitative estimate of drug-likeness (QED) is 0.918. The Morgan fingerprint density at radius 1 is 1.25 bits per heavy atom. The molecule has 0 aliphatic carbocycles. The van der Waals surface area contributed by atoms with E-state index in [2.05, 4.69) is 36.2 Å². The van der Waals surface area contributed by atoms with Crippen LogP contribution in [0.1, 0.15) is 51.2 Å². The summed E-state index contributed by atoms with van der Waals surface area (Å²) in [6.45, 7) is 8.63. The molecule has 5 unspecified atom stereocenters. The second-order valence-corrected chi connectivity index (χ2v) is 6.40. The number of hydrogen-bond donors (Lipinski definition) is 1. The van der Waals surface area contributed by atoms with E-state index in [1.165, 1.54) is 12.8 Å². The lowest BCUT2D eigenvalue weighted by Gasteiger charge is -2.21. The molecule has 20 heavy (non-hydrogen) atoms. The van der Waals surface area contributed by atoms with Gasteiger partial charge in [0.15, 0.2) is 5.82 Å². The van der Waals surface area contributed by atoms with E-state index in [0.717, 1.165) is 31.2 Å². The molecule has 2 saturated heterocycles. The van der Waals surface area contributed by atoms with Gasteiger partial charge in [0.25, 0.3) is 0 Å². The van der Waals surface area contributed by atoms with Crippen LogP contribution in [0.5, 0.6) is 0 Å². The number of hydrogen-bond acceptors (Lipinski definition) is 5. The SMILES string of the molecule is CC1OC(C)C(c2nc(CC3CCCNC3)no2)C1C. The fraction of sp³-hybridized carbons (Fsp3) is 0.867. The zero-order chi connectivity index (χ0) is 14.1. The van der Waals surface area contributed by atoms with E-state index in [1.54, 1.807) is 0 Å². The fourth-order valence-corrected chi connectivity index (χ4v) is 3.53. The monoisotopic (exact) mass is 279 g/mol. The first-order valence-electron chi connectivity index (χ1n) is 7.84. The summed E-state index contributed by atoms with van der Waals surface area (Å²) in [6.07, 6.45) is 3.84. The summed E-state index contributed by atoms with van der Waals surface area (Å²) >= 11 is 0. The number of aromatic nitrogens is 2. The lowest BCUT2D eigenvalue weighted by molar-refractivity contribution is 0.0542. The van der Waals surface area contributed by atoms with Crippen molar-refractivity contribution in [2.45, 2.75) is 58.2 Å². The van der Waals surface area contributed by atoms with Crippen LogP contribution < -0.4 is 5.32 Å². The third-order valence-corrected chi connectivity index (χ3v) is 4.88. The minimum atomic E-state index is 0.157. The predicted octanol–water partition coefficient (Wildman–Crippen LogP) is 2.14. The largest absolute Gasteiger partial charge is 0.374 e. The van der Waals surface area contributed by atoms with Crippen molar-refractivity contribution in [2.24, 2.45) is 11.8 Å². The Morgan fingerprint density at radius 2 is 2.10 bits per heavy atom. The van der Waals surface area contributed by atoms with E-state index in [0.29, 0.717) is 11.8 Å². The molecule has 1 aromatic rings. The van der Waals surface area contributed by atoms with E-state index in [4.69, 9.17) is 9.26 Å². The van der Waals surface area contributed by atoms with Gasteiger partial charge in [-0.3, -0.25) is 0 Å². The maximum atomic E-state index is 5.86. The molecule has 112 valence electrons. The molecule has 0 radical (unpaired) electrons. The molecule has 5 nitrogen and oxygen atoms in total. The highest BCUT2D eigenvalue weighted by Gasteiger charge is 2.41. The van der Waals surface area contributed by atoms with Crippen LogP contribution in [0.4, 0.5) is 0 Å². The number of piperidine rings is 1. The lowest BCUT2D eigenvalue weighted by Crippen LogP contribution is -2.31. The molecule has 2 aliphatic rings. The summed E-state index contributed by atoms with van der Waals surface area (Å²) in [6, 6.07) is 0. The van der Waals surface area contributed by atoms with Gasteiger partial charge in [0.2, 0.25) is 5.89 Å². The first-order chi connectivity index (χ1) is 9.65. The van der Waals surface area contributed by atoms with E-state index < -0.39 is 0 Å². The van der Waals surface area contributed by atoms with Gasteiger partial charge in [0.1, 0.15) is 0 Å². The third-order valence-electron chi connectivity index (χ3n) is 4.88. The van der Waals surface area contributed by atoms with Crippen molar-refractivity contribution in [1.82, 2.24) is 15.5 Å². The summed E-state index contributed by atoms with van der Waals surface area (Å²) in [4.78, 5) is 4.64. The minimum Gasteiger partial charge on any atom is -0.374 e. The molecule has 1 N–H and O–H groups in total. The van der Waals surface area contributed by atoms with E-state index in [-0.39, 0.29) is 18.1 Å². The molecule has 0 amide bonds. The molecule has 2 aliphatic heterocycles. The first kappa shape index (κ1) is 14.0. The zero-order valence-electron chi connectivity index (χ0n) is 12.6.